The van der Waals surface area contributed by atoms with E-state index in [9.17, 15) is 4.79 Å². The fourth-order valence-electron chi connectivity index (χ4n) is 4.37. The molecule has 1 aliphatic heterocycles. The van der Waals surface area contributed by atoms with Gasteiger partial charge in [-0.05, 0) is 55.6 Å². The Kier molecular flexibility index (Phi) is 6.62. The van der Waals surface area contributed by atoms with Crippen LogP contribution in [0.25, 0.3) is 0 Å². The van der Waals surface area contributed by atoms with Crippen LogP contribution in [0.4, 0.5) is 0 Å². The standard InChI is InChI=1S/C24H29N5O2/c1-28-14-6-9-20(23(28)19-10-12-21(31-2)13-11-19)15-25-24(30)22-17-29(27-26-22)16-18-7-4-3-5-8-18/h3-5,7-8,10-13,17,20,23H,6,9,14-16H2,1-2H3,(H,25,30). The molecule has 0 bridgehead atoms. The van der Waals surface area contributed by atoms with Gasteiger partial charge in [0.05, 0.1) is 19.9 Å². The molecule has 0 spiro atoms. The maximum atomic E-state index is 12.7. The minimum absolute atomic E-state index is 0.180. The minimum Gasteiger partial charge on any atom is -0.497 e. The number of ether oxygens (including phenoxy) is 1. The highest BCUT2D eigenvalue weighted by Gasteiger charge is 2.31. The molecule has 162 valence electrons. The van der Waals surface area contributed by atoms with Crippen molar-refractivity contribution in [2.24, 2.45) is 5.92 Å². The van der Waals surface area contributed by atoms with E-state index in [1.165, 1.54) is 5.56 Å². The highest BCUT2D eigenvalue weighted by atomic mass is 16.5. The zero-order valence-corrected chi connectivity index (χ0v) is 18.1. The summed E-state index contributed by atoms with van der Waals surface area (Å²) >= 11 is 0. The van der Waals surface area contributed by atoms with E-state index in [0.717, 1.165) is 30.7 Å². The first-order valence-corrected chi connectivity index (χ1v) is 10.7. The molecular weight excluding hydrogens is 390 g/mol. The Morgan fingerprint density at radius 3 is 2.68 bits per heavy atom. The summed E-state index contributed by atoms with van der Waals surface area (Å²) in [6.07, 6.45) is 3.90. The fourth-order valence-corrected chi connectivity index (χ4v) is 4.37. The van der Waals surface area contributed by atoms with Crippen molar-refractivity contribution in [2.45, 2.75) is 25.4 Å². The minimum atomic E-state index is -0.180. The third-order valence-electron chi connectivity index (χ3n) is 5.95. The van der Waals surface area contributed by atoms with Crippen LogP contribution in [0.1, 0.15) is 40.5 Å². The topological polar surface area (TPSA) is 72.3 Å². The lowest BCUT2D eigenvalue weighted by molar-refractivity contribution is 0.0886. The Morgan fingerprint density at radius 2 is 1.94 bits per heavy atom. The zero-order chi connectivity index (χ0) is 21.6. The van der Waals surface area contributed by atoms with E-state index in [2.05, 4.69) is 39.7 Å². The first-order valence-electron chi connectivity index (χ1n) is 10.7. The SMILES string of the molecule is COc1ccc(C2C(CNC(=O)c3cn(Cc4ccccc4)nn3)CCCN2C)cc1. The molecule has 7 heteroatoms. The molecule has 1 aliphatic rings. The van der Waals surface area contributed by atoms with Crippen LogP contribution >= 0.6 is 0 Å². The first-order chi connectivity index (χ1) is 15.1. The summed E-state index contributed by atoms with van der Waals surface area (Å²) in [6.45, 7) is 2.24. The molecule has 1 N–H and O–H groups in total. The van der Waals surface area contributed by atoms with Crippen molar-refractivity contribution >= 4 is 5.91 Å². The van der Waals surface area contributed by atoms with Crippen LogP contribution in [0.5, 0.6) is 5.75 Å². The van der Waals surface area contributed by atoms with Gasteiger partial charge in [-0.3, -0.25) is 9.69 Å². The predicted octanol–water partition coefficient (Wildman–Crippen LogP) is 3.15. The molecule has 7 nitrogen and oxygen atoms in total. The van der Waals surface area contributed by atoms with Crippen LogP contribution in [0.15, 0.2) is 60.8 Å². The number of nitrogens with zero attached hydrogens (tertiary/aromatic N) is 4. The molecular formula is C24H29N5O2. The number of piperidine rings is 1. The van der Waals surface area contributed by atoms with Gasteiger partial charge < -0.3 is 10.1 Å². The maximum absolute atomic E-state index is 12.7. The Hall–Kier alpha value is -3.19. The van der Waals surface area contributed by atoms with Gasteiger partial charge in [-0.25, -0.2) is 4.68 Å². The van der Waals surface area contributed by atoms with Crippen LogP contribution in [0.3, 0.4) is 0 Å². The molecule has 2 heterocycles. The molecule has 3 aromatic rings. The average molecular weight is 420 g/mol. The molecule has 2 unspecified atom stereocenters. The van der Waals surface area contributed by atoms with E-state index >= 15 is 0 Å². The van der Waals surface area contributed by atoms with Gasteiger partial charge in [0.25, 0.3) is 5.91 Å². The number of hydrogen-bond acceptors (Lipinski definition) is 5. The second-order valence-corrected chi connectivity index (χ2v) is 8.10. The van der Waals surface area contributed by atoms with Gasteiger partial charge >= 0.3 is 0 Å². The third kappa shape index (κ3) is 5.11. The van der Waals surface area contributed by atoms with Crippen molar-refractivity contribution in [1.29, 1.82) is 0 Å². The van der Waals surface area contributed by atoms with Gasteiger partial charge in [-0.2, -0.15) is 0 Å². The lowest BCUT2D eigenvalue weighted by atomic mass is 9.85. The number of carbonyl (C=O) groups is 1. The zero-order valence-electron chi connectivity index (χ0n) is 18.1. The van der Waals surface area contributed by atoms with Crippen molar-refractivity contribution in [2.75, 3.05) is 27.2 Å². The molecule has 0 saturated carbocycles. The largest absolute Gasteiger partial charge is 0.497 e. The number of carbonyl (C=O) groups excluding carboxylic acids is 1. The quantitative estimate of drug-likeness (QED) is 0.637. The molecule has 4 rings (SSSR count). The number of benzene rings is 2. The lowest BCUT2D eigenvalue weighted by Crippen LogP contribution is -2.41. The highest BCUT2D eigenvalue weighted by molar-refractivity contribution is 5.91. The van der Waals surface area contributed by atoms with Crippen LogP contribution in [0.2, 0.25) is 0 Å². The second-order valence-electron chi connectivity index (χ2n) is 8.10. The van der Waals surface area contributed by atoms with Gasteiger partial charge in [-0.15, -0.1) is 5.10 Å². The van der Waals surface area contributed by atoms with E-state index in [1.54, 1.807) is 18.0 Å². The summed E-state index contributed by atoms with van der Waals surface area (Å²) in [5, 5.41) is 11.3. The summed E-state index contributed by atoms with van der Waals surface area (Å²) in [5.41, 5.74) is 2.71. The van der Waals surface area contributed by atoms with Crippen LogP contribution in [-0.2, 0) is 6.54 Å². The number of likely N-dealkylation sites (tertiary alicyclic amines) is 1. The highest BCUT2D eigenvalue weighted by Crippen LogP contribution is 2.35. The van der Waals surface area contributed by atoms with Gasteiger partial charge in [0.15, 0.2) is 5.69 Å². The van der Waals surface area contributed by atoms with Crippen molar-refractivity contribution in [1.82, 2.24) is 25.2 Å². The number of hydrogen-bond donors (Lipinski definition) is 1. The van der Waals surface area contributed by atoms with Crippen molar-refractivity contribution in [3.05, 3.63) is 77.6 Å². The van der Waals surface area contributed by atoms with Crippen LogP contribution in [0, 0.1) is 5.92 Å². The van der Waals surface area contributed by atoms with Gasteiger partial charge in [0.2, 0.25) is 0 Å². The van der Waals surface area contributed by atoms with E-state index < -0.39 is 0 Å². The smallest absolute Gasteiger partial charge is 0.273 e. The first kappa shape index (κ1) is 21.1. The number of amides is 1. The molecule has 1 amide bonds. The van der Waals surface area contributed by atoms with Gasteiger partial charge in [0, 0.05) is 12.6 Å². The fraction of sp³-hybridized carbons (Fsp3) is 0.375. The second kappa shape index (κ2) is 9.75. The van der Waals surface area contributed by atoms with E-state index in [4.69, 9.17) is 4.74 Å². The summed E-state index contributed by atoms with van der Waals surface area (Å²) in [4.78, 5) is 15.1. The molecule has 31 heavy (non-hydrogen) atoms. The third-order valence-corrected chi connectivity index (χ3v) is 5.95. The Morgan fingerprint density at radius 1 is 1.16 bits per heavy atom. The number of methoxy groups -OCH3 is 1. The van der Waals surface area contributed by atoms with Crippen molar-refractivity contribution in [3.63, 3.8) is 0 Å². The predicted molar refractivity (Wildman–Crippen MR) is 119 cm³/mol. The Balaban J connectivity index is 1.39. The van der Waals surface area contributed by atoms with E-state index in [1.807, 2.05) is 42.5 Å². The lowest BCUT2D eigenvalue weighted by Gasteiger charge is -2.39. The normalized spacial score (nSPS) is 19.2. The molecule has 0 aliphatic carbocycles. The number of nitrogens with one attached hydrogen (secondary N) is 1. The summed E-state index contributed by atoms with van der Waals surface area (Å²) in [7, 11) is 3.83. The number of rotatable bonds is 7. The van der Waals surface area contributed by atoms with Crippen LogP contribution in [-0.4, -0.2) is 53.0 Å². The Labute approximate surface area is 183 Å². The monoisotopic (exact) mass is 419 g/mol. The molecule has 0 radical (unpaired) electrons. The van der Waals surface area contributed by atoms with Gasteiger partial charge in [-0.1, -0.05) is 47.7 Å². The molecule has 1 aromatic heterocycles. The molecule has 1 fully saturated rings. The van der Waals surface area contributed by atoms with E-state index in [0.29, 0.717) is 24.7 Å². The van der Waals surface area contributed by atoms with Crippen molar-refractivity contribution < 1.29 is 9.53 Å². The molecule has 2 aromatic carbocycles. The average Bonchev–Trinajstić information content (AvgIpc) is 3.27. The number of aromatic nitrogens is 3. The summed E-state index contributed by atoms with van der Waals surface area (Å²) in [5.74, 6) is 1.00. The summed E-state index contributed by atoms with van der Waals surface area (Å²) in [6, 6.07) is 18.5. The Bertz CT molecular complexity index is 987. The van der Waals surface area contributed by atoms with Crippen LogP contribution < -0.4 is 10.1 Å². The molecule has 1 saturated heterocycles. The van der Waals surface area contributed by atoms with Crippen molar-refractivity contribution in [3.8, 4) is 5.75 Å². The summed E-state index contributed by atoms with van der Waals surface area (Å²) < 4.78 is 6.99. The van der Waals surface area contributed by atoms with Gasteiger partial charge in [0.1, 0.15) is 5.75 Å². The molecule has 2 atom stereocenters. The maximum Gasteiger partial charge on any atom is 0.273 e. The van der Waals surface area contributed by atoms with E-state index in [-0.39, 0.29) is 11.9 Å².